The lowest BCUT2D eigenvalue weighted by Gasteiger charge is -2.27. The fourth-order valence-corrected chi connectivity index (χ4v) is 1.63. The van der Waals surface area contributed by atoms with Crippen molar-refractivity contribution in [3.63, 3.8) is 0 Å². The van der Waals surface area contributed by atoms with Crippen LogP contribution in [-0.2, 0) is 0 Å². The van der Waals surface area contributed by atoms with Crippen LogP contribution in [0.25, 0.3) is 0 Å². The highest BCUT2D eigenvalue weighted by atomic mass is 79.9. The lowest BCUT2D eigenvalue weighted by atomic mass is 10.2. The Balaban J connectivity index is 2.37. The third-order valence-corrected chi connectivity index (χ3v) is 2.16. The van der Waals surface area contributed by atoms with E-state index in [0.717, 1.165) is 11.1 Å². The van der Waals surface area contributed by atoms with Gasteiger partial charge in [0.05, 0.1) is 0 Å². The van der Waals surface area contributed by atoms with E-state index in [4.69, 9.17) is 5.73 Å². The summed E-state index contributed by atoms with van der Waals surface area (Å²) in [7, 11) is 0. The highest BCUT2D eigenvalue weighted by Crippen LogP contribution is 2.33. The molecule has 8 heteroatoms. The summed E-state index contributed by atoms with van der Waals surface area (Å²) in [5.74, 6) is 0.115. The highest BCUT2D eigenvalue weighted by molar-refractivity contribution is 9.10. The molecule has 0 saturated carbocycles. The minimum atomic E-state index is -4.45. The molecule has 2 rings (SSSR count). The Labute approximate surface area is 91.4 Å². The van der Waals surface area contributed by atoms with Crippen LogP contribution in [0.5, 0.6) is 0 Å². The van der Waals surface area contributed by atoms with Gasteiger partial charge in [-0.1, -0.05) is 6.08 Å². The fraction of sp³-hybridized carbons (Fsp3) is 0.286. The van der Waals surface area contributed by atoms with E-state index in [2.05, 4.69) is 26.3 Å². The van der Waals surface area contributed by atoms with Gasteiger partial charge < -0.3 is 0 Å². The Bertz CT molecular complexity index is 382. The molecule has 1 unspecified atom stereocenters. The maximum absolute atomic E-state index is 12.5. The smallest absolute Gasteiger partial charge is 0.284 e. The summed E-state index contributed by atoms with van der Waals surface area (Å²) in [6, 6.07) is 0. The van der Waals surface area contributed by atoms with Crippen molar-refractivity contribution >= 4 is 21.8 Å². The molecule has 2 aliphatic heterocycles. The van der Waals surface area contributed by atoms with E-state index in [1.54, 1.807) is 0 Å². The first-order chi connectivity index (χ1) is 6.80. The van der Waals surface area contributed by atoms with Crippen molar-refractivity contribution in [1.29, 1.82) is 0 Å². The molecule has 0 aromatic carbocycles. The molecule has 82 valence electrons. The number of aliphatic imine (C=N–C) groups is 1. The largest absolute Gasteiger partial charge is 0.432 e. The molecule has 0 aliphatic carbocycles. The molecule has 0 amide bonds. The zero-order chi connectivity index (χ0) is 11.3. The van der Waals surface area contributed by atoms with Gasteiger partial charge in [-0.05, 0) is 28.1 Å². The number of fused-ring (bicyclic) bond motifs is 1. The molecule has 0 aromatic heterocycles. The minimum absolute atomic E-state index is 0.115. The van der Waals surface area contributed by atoms with Gasteiger partial charge in [-0.2, -0.15) is 18.6 Å². The lowest BCUT2D eigenvalue weighted by Crippen LogP contribution is -2.51. The monoisotopic (exact) mass is 282 g/mol. The first-order valence-electron chi connectivity index (χ1n) is 3.91. The highest BCUT2D eigenvalue weighted by Gasteiger charge is 2.45. The second-order valence-electron chi connectivity index (χ2n) is 3.00. The molecule has 0 fully saturated rings. The van der Waals surface area contributed by atoms with Crippen molar-refractivity contribution in [3.8, 4) is 0 Å². The summed E-state index contributed by atoms with van der Waals surface area (Å²) in [6.45, 7) is 0. The van der Waals surface area contributed by atoms with Crippen LogP contribution in [-0.4, -0.2) is 21.7 Å². The summed E-state index contributed by atoms with van der Waals surface area (Å²) < 4.78 is 36.2. The second kappa shape index (κ2) is 3.06. The molecule has 0 aromatic rings. The molecule has 15 heavy (non-hydrogen) atoms. The number of nitrogens with two attached hydrogens (primary N) is 1. The number of halogens is 4. The molecule has 3 N–H and O–H groups in total. The van der Waals surface area contributed by atoms with Crippen molar-refractivity contribution in [2.75, 3.05) is 0 Å². The summed E-state index contributed by atoms with van der Waals surface area (Å²) in [4.78, 5) is 3.80. The van der Waals surface area contributed by atoms with Crippen molar-refractivity contribution in [1.82, 2.24) is 10.4 Å². The Morgan fingerprint density at radius 1 is 1.53 bits per heavy atom. The van der Waals surface area contributed by atoms with Crippen LogP contribution in [0.3, 0.4) is 0 Å². The number of nitrogens with one attached hydrogen (secondary N) is 1. The van der Waals surface area contributed by atoms with Crippen LogP contribution in [0.15, 0.2) is 28.9 Å². The molecule has 1 atom stereocenters. The Morgan fingerprint density at radius 3 is 2.80 bits per heavy atom. The zero-order valence-electron chi connectivity index (χ0n) is 7.22. The number of nitrogens with zero attached hydrogens (tertiary/aromatic N) is 2. The van der Waals surface area contributed by atoms with Gasteiger partial charge in [-0.3, -0.25) is 10.7 Å². The first-order valence-corrected chi connectivity index (χ1v) is 4.70. The van der Waals surface area contributed by atoms with Crippen LogP contribution in [0, 0.1) is 0 Å². The summed E-state index contributed by atoms with van der Waals surface area (Å²) in [5.41, 5.74) is 7.01. The summed E-state index contributed by atoms with van der Waals surface area (Å²) in [6.07, 6.45) is -0.807. The van der Waals surface area contributed by atoms with Gasteiger partial charge in [0.2, 0.25) is 4.70 Å². The molecule has 0 saturated heterocycles. The summed E-state index contributed by atoms with van der Waals surface area (Å²) in [5, 5.41) is 0.800. The minimum Gasteiger partial charge on any atom is -0.284 e. The zero-order valence-corrected chi connectivity index (χ0v) is 8.80. The first kappa shape index (κ1) is 10.7. The van der Waals surface area contributed by atoms with Crippen LogP contribution < -0.4 is 11.2 Å². The van der Waals surface area contributed by atoms with Crippen LogP contribution in [0.4, 0.5) is 13.2 Å². The number of hydrogen-bond donors (Lipinski definition) is 2. The number of allylic oxidation sites excluding steroid dienone is 3. The van der Waals surface area contributed by atoms with Gasteiger partial charge >= 0.3 is 6.18 Å². The normalized spacial score (nSPS) is 30.1. The molecule has 0 radical (unpaired) electrons. The van der Waals surface area contributed by atoms with Crippen LogP contribution in [0.2, 0.25) is 0 Å². The van der Waals surface area contributed by atoms with Crippen LogP contribution in [0.1, 0.15) is 0 Å². The van der Waals surface area contributed by atoms with Gasteiger partial charge in [-0.25, -0.2) is 4.99 Å². The predicted molar refractivity (Wildman–Crippen MR) is 51.5 cm³/mol. The van der Waals surface area contributed by atoms with Crippen molar-refractivity contribution < 1.29 is 13.2 Å². The van der Waals surface area contributed by atoms with E-state index in [9.17, 15) is 13.2 Å². The standard InChI is InChI=1S/C7H6BrF3N4/c8-7(12)13-5-3-1-2-4(6(9,10)11)15(5)14-7/h1-3,14H,12H2. The number of hydrogen-bond acceptors (Lipinski definition) is 4. The van der Waals surface area contributed by atoms with Gasteiger partial charge in [-0.15, -0.1) is 0 Å². The third-order valence-electron chi connectivity index (χ3n) is 1.81. The van der Waals surface area contributed by atoms with Gasteiger partial charge in [0.1, 0.15) is 11.5 Å². The quantitative estimate of drug-likeness (QED) is 0.518. The third kappa shape index (κ3) is 1.92. The Kier molecular flexibility index (Phi) is 2.18. The number of amidine groups is 1. The maximum Gasteiger partial charge on any atom is 0.432 e. The number of alkyl halides is 4. The molecule has 4 nitrogen and oxygen atoms in total. The van der Waals surface area contributed by atoms with Crippen LogP contribution >= 0.6 is 15.9 Å². The van der Waals surface area contributed by atoms with E-state index in [-0.39, 0.29) is 5.84 Å². The molecular weight excluding hydrogens is 277 g/mol. The topological polar surface area (TPSA) is 53.6 Å². The fourth-order valence-electron chi connectivity index (χ4n) is 1.27. The average molecular weight is 283 g/mol. The second-order valence-corrected chi connectivity index (χ2v) is 4.21. The van der Waals surface area contributed by atoms with E-state index >= 15 is 0 Å². The predicted octanol–water partition coefficient (Wildman–Crippen LogP) is 1.19. The Morgan fingerprint density at radius 2 is 2.20 bits per heavy atom. The Hall–Kier alpha value is -0.860. The number of rotatable bonds is 0. The van der Waals surface area contributed by atoms with E-state index in [0.29, 0.717) is 0 Å². The van der Waals surface area contributed by atoms with E-state index in [1.165, 1.54) is 12.2 Å². The maximum atomic E-state index is 12.5. The van der Waals surface area contributed by atoms with Crippen molar-refractivity contribution in [3.05, 3.63) is 23.9 Å². The molecule has 0 bridgehead atoms. The number of hydrazine groups is 1. The van der Waals surface area contributed by atoms with E-state index < -0.39 is 16.6 Å². The molecule has 2 heterocycles. The molecule has 2 aliphatic rings. The van der Waals surface area contributed by atoms with Crippen molar-refractivity contribution in [2.24, 2.45) is 10.7 Å². The van der Waals surface area contributed by atoms with Crippen molar-refractivity contribution in [2.45, 2.75) is 10.9 Å². The summed E-state index contributed by atoms with van der Waals surface area (Å²) >= 11 is 2.94. The van der Waals surface area contributed by atoms with Gasteiger partial charge in [0.25, 0.3) is 0 Å². The van der Waals surface area contributed by atoms with Gasteiger partial charge in [0.15, 0.2) is 0 Å². The molecular formula is C7H6BrF3N4. The molecule has 0 spiro atoms. The average Bonchev–Trinajstić information content (AvgIpc) is 2.35. The SMILES string of the molecule is NC1(Br)N=C2C=CC=C(C(F)(F)F)N2N1. The van der Waals surface area contributed by atoms with Gasteiger partial charge in [0, 0.05) is 0 Å². The van der Waals surface area contributed by atoms with E-state index in [1.807, 2.05) is 0 Å². The lowest BCUT2D eigenvalue weighted by molar-refractivity contribution is -0.109.